The maximum atomic E-state index is 14.7. The van der Waals surface area contributed by atoms with Crippen LogP contribution in [0, 0.1) is 5.82 Å². The molecule has 2 N–H and O–H groups in total. The minimum atomic E-state index is -0.315. The first kappa shape index (κ1) is 21.4. The second-order valence-corrected chi connectivity index (χ2v) is 8.81. The Morgan fingerprint density at radius 3 is 2.70 bits per heavy atom. The van der Waals surface area contributed by atoms with Crippen molar-refractivity contribution in [2.24, 2.45) is 7.05 Å². The van der Waals surface area contributed by atoms with Gasteiger partial charge in [-0.25, -0.2) is 4.39 Å². The summed E-state index contributed by atoms with van der Waals surface area (Å²) in [7, 11) is 1.81. The third-order valence-corrected chi connectivity index (χ3v) is 6.34. The molecule has 3 heterocycles. The standard InChI is InChI=1S/C26H29FN6/c1-18(29-21-9-7-19(8-10-21)6-5-13-33-11-3-4-12-33)26-23-14-22(20-16-28-32(2)17-20)24(27)15-25(23)30-31-26/h7-10,14-17,29H,1,3-6,11-13H2,2H3,(H,30,31). The molecule has 1 aliphatic heterocycles. The number of fused-ring (bicyclic) bond motifs is 1. The van der Waals surface area contributed by atoms with Gasteiger partial charge in [0.1, 0.15) is 11.5 Å². The molecular weight excluding hydrogens is 415 g/mol. The number of nitrogens with one attached hydrogen (secondary N) is 2. The van der Waals surface area contributed by atoms with Crippen molar-refractivity contribution in [2.45, 2.75) is 25.7 Å². The van der Waals surface area contributed by atoms with Gasteiger partial charge in [-0.05, 0) is 69.1 Å². The molecule has 0 amide bonds. The second kappa shape index (κ2) is 9.19. The predicted molar refractivity (Wildman–Crippen MR) is 131 cm³/mol. The van der Waals surface area contributed by atoms with Crippen LogP contribution in [-0.2, 0) is 13.5 Å². The van der Waals surface area contributed by atoms with E-state index in [4.69, 9.17) is 0 Å². The van der Waals surface area contributed by atoms with E-state index in [-0.39, 0.29) is 5.82 Å². The van der Waals surface area contributed by atoms with Crippen molar-refractivity contribution in [3.05, 3.63) is 72.4 Å². The van der Waals surface area contributed by atoms with E-state index in [9.17, 15) is 4.39 Å². The lowest BCUT2D eigenvalue weighted by atomic mass is 10.0. The van der Waals surface area contributed by atoms with Crippen molar-refractivity contribution in [1.82, 2.24) is 24.9 Å². The van der Waals surface area contributed by atoms with Crippen LogP contribution < -0.4 is 5.32 Å². The topological polar surface area (TPSA) is 61.8 Å². The average Bonchev–Trinajstić information content (AvgIpc) is 3.55. The SMILES string of the molecule is C=C(Nc1ccc(CCCN2CCCC2)cc1)c1n[nH]c2cc(F)c(-c3cnn(C)c3)cc12. The summed E-state index contributed by atoms with van der Waals surface area (Å²) in [6, 6.07) is 11.8. The molecular formula is C26H29FN6. The summed E-state index contributed by atoms with van der Waals surface area (Å²) in [5.41, 5.74) is 5.47. The van der Waals surface area contributed by atoms with E-state index < -0.39 is 0 Å². The molecule has 1 fully saturated rings. The third kappa shape index (κ3) is 4.68. The Hall–Kier alpha value is -3.45. The van der Waals surface area contributed by atoms with Gasteiger partial charge in [-0.15, -0.1) is 0 Å². The first-order chi connectivity index (χ1) is 16.1. The van der Waals surface area contributed by atoms with Gasteiger partial charge in [-0.3, -0.25) is 9.78 Å². The molecule has 0 saturated carbocycles. The number of aryl methyl sites for hydroxylation is 2. The molecule has 1 aliphatic rings. The molecule has 170 valence electrons. The van der Waals surface area contributed by atoms with E-state index in [1.165, 1.54) is 50.5 Å². The Balaban J connectivity index is 1.27. The predicted octanol–water partition coefficient (Wildman–Crippen LogP) is 5.21. The smallest absolute Gasteiger partial charge is 0.133 e. The van der Waals surface area contributed by atoms with Crippen LogP contribution in [0.1, 0.15) is 30.5 Å². The Morgan fingerprint density at radius 1 is 1.18 bits per heavy atom. The Morgan fingerprint density at radius 2 is 1.97 bits per heavy atom. The van der Waals surface area contributed by atoms with Crippen LogP contribution in [0.25, 0.3) is 27.7 Å². The first-order valence-corrected chi connectivity index (χ1v) is 11.5. The molecule has 0 unspecified atom stereocenters. The number of anilines is 1. The van der Waals surface area contributed by atoms with Crippen molar-refractivity contribution in [1.29, 1.82) is 0 Å². The summed E-state index contributed by atoms with van der Waals surface area (Å²) in [6.07, 6.45) is 8.41. The lowest BCUT2D eigenvalue weighted by molar-refractivity contribution is 0.334. The molecule has 0 atom stereocenters. The van der Waals surface area contributed by atoms with E-state index in [1.54, 1.807) is 23.1 Å². The van der Waals surface area contributed by atoms with Crippen molar-refractivity contribution in [3.63, 3.8) is 0 Å². The van der Waals surface area contributed by atoms with Crippen LogP contribution in [-0.4, -0.2) is 44.5 Å². The van der Waals surface area contributed by atoms with Gasteiger partial charge in [0.05, 0.1) is 17.4 Å². The van der Waals surface area contributed by atoms with Gasteiger partial charge >= 0.3 is 0 Å². The van der Waals surface area contributed by atoms with Gasteiger partial charge in [-0.2, -0.15) is 10.2 Å². The van der Waals surface area contributed by atoms with E-state index in [0.717, 1.165) is 23.1 Å². The lowest BCUT2D eigenvalue weighted by Crippen LogP contribution is -2.20. The summed E-state index contributed by atoms with van der Waals surface area (Å²) < 4.78 is 16.3. The zero-order chi connectivity index (χ0) is 22.8. The van der Waals surface area contributed by atoms with E-state index in [2.05, 4.69) is 56.4 Å². The van der Waals surface area contributed by atoms with Crippen molar-refractivity contribution in [3.8, 4) is 11.1 Å². The van der Waals surface area contributed by atoms with Gasteiger partial charge < -0.3 is 10.2 Å². The zero-order valence-electron chi connectivity index (χ0n) is 18.9. The van der Waals surface area contributed by atoms with Crippen LogP contribution in [0.3, 0.4) is 0 Å². The second-order valence-electron chi connectivity index (χ2n) is 8.81. The fraction of sp³-hybridized carbons (Fsp3) is 0.308. The van der Waals surface area contributed by atoms with Crippen molar-refractivity contribution in [2.75, 3.05) is 25.0 Å². The highest BCUT2D eigenvalue weighted by atomic mass is 19.1. The number of hydrogen-bond donors (Lipinski definition) is 2. The minimum absolute atomic E-state index is 0.315. The fourth-order valence-corrected chi connectivity index (χ4v) is 4.55. The van der Waals surface area contributed by atoms with Crippen LogP contribution in [0.2, 0.25) is 0 Å². The molecule has 0 bridgehead atoms. The monoisotopic (exact) mass is 444 g/mol. The van der Waals surface area contributed by atoms with E-state index >= 15 is 0 Å². The number of hydrogen-bond acceptors (Lipinski definition) is 4. The number of benzene rings is 2. The highest BCUT2D eigenvalue weighted by Crippen LogP contribution is 2.30. The number of likely N-dealkylation sites (tertiary alicyclic amines) is 1. The highest BCUT2D eigenvalue weighted by molar-refractivity contribution is 5.95. The highest BCUT2D eigenvalue weighted by Gasteiger charge is 2.15. The number of rotatable bonds is 8. The average molecular weight is 445 g/mol. The summed E-state index contributed by atoms with van der Waals surface area (Å²) in [5, 5.41) is 15.6. The van der Waals surface area contributed by atoms with Gasteiger partial charge in [0.2, 0.25) is 0 Å². The maximum Gasteiger partial charge on any atom is 0.133 e. The quantitative estimate of drug-likeness (QED) is 0.391. The third-order valence-electron chi connectivity index (χ3n) is 6.34. The summed E-state index contributed by atoms with van der Waals surface area (Å²) in [4.78, 5) is 2.56. The van der Waals surface area contributed by atoms with E-state index in [1.807, 2.05) is 7.05 Å². The fourth-order valence-electron chi connectivity index (χ4n) is 4.55. The Bertz CT molecular complexity index is 1260. The minimum Gasteiger partial charge on any atom is -0.354 e. The molecule has 0 aliphatic carbocycles. The largest absolute Gasteiger partial charge is 0.354 e. The summed E-state index contributed by atoms with van der Waals surface area (Å²) >= 11 is 0. The van der Waals surface area contributed by atoms with Crippen LogP contribution in [0.4, 0.5) is 10.1 Å². The van der Waals surface area contributed by atoms with Gasteiger partial charge in [0, 0.05) is 41.5 Å². The molecule has 33 heavy (non-hydrogen) atoms. The van der Waals surface area contributed by atoms with Crippen LogP contribution >= 0.6 is 0 Å². The molecule has 0 spiro atoms. The Kier molecular flexibility index (Phi) is 5.96. The number of nitrogens with zero attached hydrogens (tertiary/aromatic N) is 4. The van der Waals surface area contributed by atoms with Crippen LogP contribution in [0.15, 0.2) is 55.4 Å². The summed E-state index contributed by atoms with van der Waals surface area (Å²) in [6.45, 7) is 7.87. The number of aromatic amines is 1. The normalized spacial score (nSPS) is 14.2. The molecule has 6 nitrogen and oxygen atoms in total. The molecule has 0 radical (unpaired) electrons. The summed E-state index contributed by atoms with van der Waals surface area (Å²) in [5.74, 6) is -0.315. The van der Waals surface area contributed by atoms with Crippen molar-refractivity contribution < 1.29 is 4.39 Å². The number of H-pyrrole nitrogens is 1. The molecule has 5 rings (SSSR count). The van der Waals surface area contributed by atoms with Gasteiger partial charge in [0.15, 0.2) is 0 Å². The first-order valence-electron chi connectivity index (χ1n) is 11.5. The molecule has 2 aromatic heterocycles. The number of aromatic nitrogens is 4. The zero-order valence-corrected chi connectivity index (χ0v) is 18.9. The number of halogens is 1. The van der Waals surface area contributed by atoms with Crippen LogP contribution in [0.5, 0.6) is 0 Å². The molecule has 4 aromatic rings. The van der Waals surface area contributed by atoms with Crippen molar-refractivity contribution >= 4 is 22.3 Å². The molecule has 1 saturated heterocycles. The molecule has 7 heteroatoms. The van der Waals surface area contributed by atoms with E-state index in [0.29, 0.717) is 22.5 Å². The maximum absolute atomic E-state index is 14.7. The molecule has 2 aromatic carbocycles. The van der Waals surface area contributed by atoms with Gasteiger partial charge in [-0.1, -0.05) is 18.7 Å². The lowest BCUT2D eigenvalue weighted by Gasteiger charge is -2.14. The van der Waals surface area contributed by atoms with Gasteiger partial charge in [0.25, 0.3) is 0 Å². The Labute approximate surface area is 193 Å².